The molecule has 3 fully saturated rings. The summed E-state index contributed by atoms with van der Waals surface area (Å²) in [5.74, 6) is 1.18. The van der Waals surface area contributed by atoms with Gasteiger partial charge in [0.15, 0.2) is 0 Å². The first-order chi connectivity index (χ1) is 12.7. The fourth-order valence-electron chi connectivity index (χ4n) is 4.32. The number of amides is 1. The van der Waals surface area contributed by atoms with Gasteiger partial charge in [-0.05, 0) is 31.4 Å². The van der Waals surface area contributed by atoms with Crippen molar-refractivity contribution in [1.29, 1.82) is 5.26 Å². The summed E-state index contributed by atoms with van der Waals surface area (Å²) in [6.45, 7) is 6.49. The van der Waals surface area contributed by atoms with Gasteiger partial charge in [-0.2, -0.15) is 5.26 Å². The van der Waals surface area contributed by atoms with Crippen LogP contribution in [0.1, 0.15) is 24.8 Å². The SMILES string of the molecule is N#Cc1ccnc(N2CCN([C@@H]3CN[C@H](C(=O)N4CCCC4)C3)CC2)c1. The summed E-state index contributed by atoms with van der Waals surface area (Å²) < 4.78 is 0. The molecule has 7 nitrogen and oxygen atoms in total. The monoisotopic (exact) mass is 354 g/mol. The van der Waals surface area contributed by atoms with E-state index in [1.54, 1.807) is 12.3 Å². The third-order valence-electron chi connectivity index (χ3n) is 5.85. The third kappa shape index (κ3) is 3.53. The molecule has 1 aromatic heterocycles. The number of aromatic nitrogens is 1. The van der Waals surface area contributed by atoms with Crippen molar-refractivity contribution in [3.05, 3.63) is 23.9 Å². The molecule has 4 rings (SSSR count). The quantitative estimate of drug-likeness (QED) is 0.848. The van der Waals surface area contributed by atoms with Crippen LogP contribution in [0.3, 0.4) is 0 Å². The number of likely N-dealkylation sites (tertiary alicyclic amines) is 1. The second-order valence-electron chi connectivity index (χ2n) is 7.42. The summed E-state index contributed by atoms with van der Waals surface area (Å²) >= 11 is 0. The van der Waals surface area contributed by atoms with Crippen LogP contribution in [0.5, 0.6) is 0 Å². The largest absolute Gasteiger partial charge is 0.354 e. The van der Waals surface area contributed by atoms with E-state index in [0.717, 1.165) is 70.9 Å². The summed E-state index contributed by atoms with van der Waals surface area (Å²) in [6, 6.07) is 6.20. The van der Waals surface area contributed by atoms with Gasteiger partial charge in [0.1, 0.15) is 5.82 Å². The number of nitrogens with zero attached hydrogens (tertiary/aromatic N) is 5. The second kappa shape index (κ2) is 7.60. The first-order valence-corrected chi connectivity index (χ1v) is 9.62. The lowest BCUT2D eigenvalue weighted by Gasteiger charge is -2.38. The van der Waals surface area contributed by atoms with Gasteiger partial charge in [0, 0.05) is 58.1 Å². The van der Waals surface area contributed by atoms with Crippen LogP contribution in [0.15, 0.2) is 18.3 Å². The highest BCUT2D eigenvalue weighted by molar-refractivity contribution is 5.82. The Morgan fingerprint density at radius 3 is 2.69 bits per heavy atom. The van der Waals surface area contributed by atoms with Gasteiger partial charge in [-0.25, -0.2) is 4.98 Å². The standard InChI is InChI=1S/C19H26N6O/c20-13-15-3-4-21-18(11-15)24-9-7-23(8-10-24)16-12-17(22-14-16)19(26)25-5-1-2-6-25/h3-4,11,16-17,22H,1-2,5-10,12,14H2/t16-,17-/m0/s1. The smallest absolute Gasteiger partial charge is 0.239 e. The van der Waals surface area contributed by atoms with E-state index in [1.807, 2.05) is 11.0 Å². The molecule has 0 unspecified atom stereocenters. The van der Waals surface area contributed by atoms with Gasteiger partial charge in [-0.1, -0.05) is 0 Å². The Morgan fingerprint density at radius 1 is 1.19 bits per heavy atom. The molecule has 0 saturated carbocycles. The van der Waals surface area contributed by atoms with Crippen molar-refractivity contribution in [2.45, 2.75) is 31.3 Å². The molecule has 0 radical (unpaired) electrons. The molecule has 3 aliphatic rings. The van der Waals surface area contributed by atoms with E-state index in [9.17, 15) is 4.79 Å². The van der Waals surface area contributed by atoms with Crippen molar-refractivity contribution >= 4 is 11.7 Å². The number of nitriles is 1. The van der Waals surface area contributed by atoms with Gasteiger partial charge in [0.25, 0.3) is 0 Å². The lowest BCUT2D eigenvalue weighted by atomic mass is 10.1. The van der Waals surface area contributed by atoms with E-state index in [0.29, 0.717) is 17.5 Å². The summed E-state index contributed by atoms with van der Waals surface area (Å²) in [6.07, 6.45) is 4.91. The zero-order valence-corrected chi connectivity index (χ0v) is 15.1. The topological polar surface area (TPSA) is 75.5 Å². The number of rotatable bonds is 3. The Balaban J connectivity index is 1.30. The third-order valence-corrected chi connectivity index (χ3v) is 5.85. The molecular formula is C19H26N6O. The highest BCUT2D eigenvalue weighted by Gasteiger charge is 2.36. The Bertz CT molecular complexity index is 688. The minimum atomic E-state index is -0.00916. The zero-order valence-electron chi connectivity index (χ0n) is 15.1. The molecule has 0 spiro atoms. The molecular weight excluding hydrogens is 328 g/mol. The first-order valence-electron chi connectivity index (χ1n) is 9.62. The molecule has 1 amide bonds. The Kier molecular flexibility index (Phi) is 5.05. The van der Waals surface area contributed by atoms with Crippen molar-refractivity contribution in [1.82, 2.24) is 20.1 Å². The zero-order chi connectivity index (χ0) is 17.9. The number of nitrogens with one attached hydrogen (secondary N) is 1. The first kappa shape index (κ1) is 17.3. The van der Waals surface area contributed by atoms with Crippen molar-refractivity contribution in [2.75, 3.05) is 50.7 Å². The molecule has 0 aliphatic carbocycles. The van der Waals surface area contributed by atoms with Crippen molar-refractivity contribution in [3.8, 4) is 6.07 Å². The van der Waals surface area contributed by atoms with Gasteiger partial charge in [-0.15, -0.1) is 0 Å². The van der Waals surface area contributed by atoms with Crippen molar-refractivity contribution in [3.63, 3.8) is 0 Å². The maximum Gasteiger partial charge on any atom is 0.239 e. The number of pyridine rings is 1. The molecule has 26 heavy (non-hydrogen) atoms. The van der Waals surface area contributed by atoms with Crippen LogP contribution in [0.2, 0.25) is 0 Å². The predicted molar refractivity (Wildman–Crippen MR) is 98.7 cm³/mol. The van der Waals surface area contributed by atoms with Crippen LogP contribution in [0.4, 0.5) is 5.82 Å². The molecule has 2 atom stereocenters. The maximum absolute atomic E-state index is 12.6. The van der Waals surface area contributed by atoms with Gasteiger partial charge >= 0.3 is 0 Å². The molecule has 1 aromatic rings. The highest BCUT2D eigenvalue weighted by atomic mass is 16.2. The summed E-state index contributed by atoms with van der Waals surface area (Å²) in [5.41, 5.74) is 0.653. The molecule has 1 N–H and O–H groups in total. The van der Waals surface area contributed by atoms with E-state index in [2.05, 4.69) is 26.2 Å². The van der Waals surface area contributed by atoms with E-state index >= 15 is 0 Å². The summed E-state index contributed by atoms with van der Waals surface area (Å²) in [4.78, 5) is 23.7. The number of piperazine rings is 1. The minimum Gasteiger partial charge on any atom is -0.354 e. The van der Waals surface area contributed by atoms with E-state index < -0.39 is 0 Å². The lowest BCUT2D eigenvalue weighted by Crippen LogP contribution is -2.51. The average Bonchev–Trinajstić information content (AvgIpc) is 3.40. The Labute approximate surface area is 154 Å². The van der Waals surface area contributed by atoms with Crippen LogP contribution >= 0.6 is 0 Å². The molecule has 0 aromatic carbocycles. The summed E-state index contributed by atoms with van der Waals surface area (Å²) in [7, 11) is 0. The van der Waals surface area contributed by atoms with Gasteiger partial charge in [0.2, 0.25) is 5.91 Å². The fourth-order valence-corrected chi connectivity index (χ4v) is 4.32. The summed E-state index contributed by atoms with van der Waals surface area (Å²) in [5, 5.41) is 12.5. The highest BCUT2D eigenvalue weighted by Crippen LogP contribution is 2.21. The van der Waals surface area contributed by atoms with Crippen LogP contribution in [0.25, 0.3) is 0 Å². The number of carbonyl (C=O) groups is 1. The predicted octanol–water partition coefficient (Wildman–Crippen LogP) is 0.428. The minimum absolute atomic E-state index is 0.00916. The Morgan fingerprint density at radius 2 is 1.96 bits per heavy atom. The average molecular weight is 354 g/mol. The maximum atomic E-state index is 12.6. The molecule has 4 heterocycles. The van der Waals surface area contributed by atoms with Crippen LogP contribution < -0.4 is 10.2 Å². The number of hydrogen-bond acceptors (Lipinski definition) is 6. The molecule has 3 aliphatic heterocycles. The van der Waals surface area contributed by atoms with E-state index in [-0.39, 0.29) is 6.04 Å². The molecule has 7 heteroatoms. The number of carbonyl (C=O) groups excluding carboxylic acids is 1. The number of anilines is 1. The normalized spacial score (nSPS) is 26.9. The molecule has 138 valence electrons. The van der Waals surface area contributed by atoms with Gasteiger partial charge in [0.05, 0.1) is 17.7 Å². The lowest BCUT2D eigenvalue weighted by molar-refractivity contribution is -0.132. The van der Waals surface area contributed by atoms with Gasteiger partial charge < -0.3 is 15.1 Å². The molecule has 3 saturated heterocycles. The van der Waals surface area contributed by atoms with Gasteiger partial charge in [-0.3, -0.25) is 9.69 Å². The Hall–Kier alpha value is -2.17. The van der Waals surface area contributed by atoms with E-state index in [4.69, 9.17) is 5.26 Å². The number of hydrogen-bond donors (Lipinski definition) is 1. The van der Waals surface area contributed by atoms with Crippen molar-refractivity contribution in [2.24, 2.45) is 0 Å². The van der Waals surface area contributed by atoms with Crippen molar-refractivity contribution < 1.29 is 4.79 Å². The van der Waals surface area contributed by atoms with Crippen LogP contribution in [-0.4, -0.2) is 78.6 Å². The van der Waals surface area contributed by atoms with Crippen LogP contribution in [0, 0.1) is 11.3 Å². The second-order valence-corrected chi connectivity index (χ2v) is 7.42. The van der Waals surface area contributed by atoms with E-state index in [1.165, 1.54) is 0 Å². The van der Waals surface area contributed by atoms with Crippen LogP contribution in [-0.2, 0) is 4.79 Å². The fraction of sp³-hybridized carbons (Fsp3) is 0.632. The molecule has 0 bridgehead atoms.